The highest BCUT2D eigenvalue weighted by atomic mass is 79.9. The van der Waals surface area contributed by atoms with Crippen LogP contribution < -0.4 is 5.56 Å². The first-order valence-corrected chi connectivity index (χ1v) is 7.53. The van der Waals surface area contributed by atoms with E-state index >= 15 is 0 Å². The molecule has 0 spiro atoms. The predicted molar refractivity (Wildman–Crippen MR) is 79.5 cm³/mol. The lowest BCUT2D eigenvalue weighted by Crippen LogP contribution is -2.37. The zero-order chi connectivity index (χ0) is 14.8. The second-order valence-electron chi connectivity index (χ2n) is 5.54. The van der Waals surface area contributed by atoms with Gasteiger partial charge >= 0.3 is 0 Å². The number of amides is 1. The van der Waals surface area contributed by atoms with Crippen molar-refractivity contribution in [1.29, 1.82) is 0 Å². The van der Waals surface area contributed by atoms with Crippen LogP contribution in [0, 0.1) is 0 Å². The average Bonchev–Trinajstić information content (AvgIpc) is 2.55. The number of hydrogen-bond acceptors (Lipinski definition) is 3. The van der Waals surface area contributed by atoms with Crippen molar-refractivity contribution in [1.82, 2.24) is 9.47 Å². The third-order valence-corrected chi connectivity index (χ3v) is 4.14. The van der Waals surface area contributed by atoms with E-state index in [1.807, 2.05) is 0 Å². The standard InChI is InChI=1S/C14H19BrN2O3/c1-14(20)5-2-7-16(8-6-14)13(19)10-17-9-11(15)3-4-12(17)18/h3-4,9,20H,2,5-8,10H2,1H3. The van der Waals surface area contributed by atoms with E-state index in [0.717, 1.165) is 10.9 Å². The Morgan fingerprint density at radius 3 is 2.90 bits per heavy atom. The van der Waals surface area contributed by atoms with Gasteiger partial charge in [-0.2, -0.15) is 0 Å². The van der Waals surface area contributed by atoms with Gasteiger partial charge in [0, 0.05) is 29.8 Å². The Labute approximate surface area is 126 Å². The highest BCUT2D eigenvalue weighted by Gasteiger charge is 2.27. The summed E-state index contributed by atoms with van der Waals surface area (Å²) in [7, 11) is 0. The Balaban J connectivity index is 2.05. The highest BCUT2D eigenvalue weighted by Crippen LogP contribution is 2.21. The van der Waals surface area contributed by atoms with Crippen molar-refractivity contribution in [2.24, 2.45) is 0 Å². The van der Waals surface area contributed by atoms with Crippen molar-refractivity contribution >= 4 is 21.8 Å². The zero-order valence-electron chi connectivity index (χ0n) is 11.5. The molecule has 1 aromatic rings. The Hall–Kier alpha value is -1.14. The summed E-state index contributed by atoms with van der Waals surface area (Å²) in [4.78, 5) is 25.7. The number of carbonyl (C=O) groups is 1. The number of likely N-dealkylation sites (tertiary alicyclic amines) is 1. The summed E-state index contributed by atoms with van der Waals surface area (Å²) in [5.74, 6) is -0.0806. The lowest BCUT2D eigenvalue weighted by Gasteiger charge is -2.23. The molecule has 0 radical (unpaired) electrons. The fourth-order valence-electron chi connectivity index (χ4n) is 2.38. The largest absolute Gasteiger partial charge is 0.390 e. The summed E-state index contributed by atoms with van der Waals surface area (Å²) in [6.07, 6.45) is 3.68. The van der Waals surface area contributed by atoms with E-state index in [0.29, 0.717) is 25.9 Å². The van der Waals surface area contributed by atoms with Gasteiger partial charge in [-0.15, -0.1) is 0 Å². The smallest absolute Gasteiger partial charge is 0.251 e. The van der Waals surface area contributed by atoms with Gasteiger partial charge in [0.1, 0.15) is 6.54 Å². The summed E-state index contributed by atoms with van der Waals surface area (Å²) in [5.41, 5.74) is -0.884. The Morgan fingerprint density at radius 2 is 2.15 bits per heavy atom. The van der Waals surface area contributed by atoms with Crippen LogP contribution in [0.3, 0.4) is 0 Å². The third-order valence-electron chi connectivity index (χ3n) is 3.67. The minimum Gasteiger partial charge on any atom is -0.390 e. The number of rotatable bonds is 2. The molecule has 1 unspecified atom stereocenters. The minimum absolute atomic E-state index is 0.0421. The average molecular weight is 343 g/mol. The van der Waals surface area contributed by atoms with Gasteiger partial charge in [0.15, 0.2) is 0 Å². The predicted octanol–water partition coefficient (Wildman–Crippen LogP) is 1.37. The van der Waals surface area contributed by atoms with Crippen LogP contribution in [0.2, 0.25) is 0 Å². The molecule has 1 saturated heterocycles. The third kappa shape index (κ3) is 3.93. The number of aromatic nitrogens is 1. The molecule has 0 aliphatic carbocycles. The number of hydrogen-bond donors (Lipinski definition) is 1. The molecule has 110 valence electrons. The van der Waals surface area contributed by atoms with Gasteiger partial charge in [0.05, 0.1) is 5.60 Å². The van der Waals surface area contributed by atoms with Gasteiger partial charge in [-0.3, -0.25) is 9.59 Å². The molecule has 2 rings (SSSR count). The van der Waals surface area contributed by atoms with Crippen LogP contribution in [-0.2, 0) is 11.3 Å². The molecule has 1 aliphatic heterocycles. The van der Waals surface area contributed by atoms with Gasteiger partial charge in [-0.25, -0.2) is 0 Å². The van der Waals surface area contributed by atoms with Crippen LogP contribution in [0.4, 0.5) is 0 Å². The summed E-state index contributed by atoms with van der Waals surface area (Å²) in [6.45, 7) is 3.02. The van der Waals surface area contributed by atoms with E-state index in [-0.39, 0.29) is 18.0 Å². The molecule has 0 bridgehead atoms. The quantitative estimate of drug-likeness (QED) is 0.882. The molecule has 0 aromatic carbocycles. The van der Waals surface area contributed by atoms with Crippen molar-refractivity contribution in [3.63, 3.8) is 0 Å². The molecule has 1 aliphatic rings. The Bertz CT molecular complexity index is 554. The van der Waals surface area contributed by atoms with Crippen LogP contribution >= 0.6 is 15.9 Å². The highest BCUT2D eigenvalue weighted by molar-refractivity contribution is 9.10. The van der Waals surface area contributed by atoms with E-state index in [1.54, 1.807) is 24.1 Å². The van der Waals surface area contributed by atoms with Gasteiger partial charge in [-0.1, -0.05) is 0 Å². The molecule has 0 saturated carbocycles. The second-order valence-corrected chi connectivity index (χ2v) is 6.46. The van der Waals surface area contributed by atoms with Crippen LogP contribution in [0.15, 0.2) is 27.6 Å². The molecule has 1 aromatic heterocycles. The topological polar surface area (TPSA) is 62.5 Å². The van der Waals surface area contributed by atoms with E-state index in [9.17, 15) is 14.7 Å². The zero-order valence-corrected chi connectivity index (χ0v) is 13.1. The van der Waals surface area contributed by atoms with E-state index in [1.165, 1.54) is 10.6 Å². The maximum absolute atomic E-state index is 12.3. The lowest BCUT2D eigenvalue weighted by molar-refractivity contribution is -0.132. The molecular formula is C14H19BrN2O3. The van der Waals surface area contributed by atoms with Crippen molar-refractivity contribution in [3.8, 4) is 0 Å². The molecule has 2 heterocycles. The van der Waals surface area contributed by atoms with Crippen LogP contribution in [0.25, 0.3) is 0 Å². The van der Waals surface area contributed by atoms with Gasteiger partial charge in [0.25, 0.3) is 5.56 Å². The maximum atomic E-state index is 12.3. The SMILES string of the molecule is CC1(O)CCCN(C(=O)Cn2cc(Br)ccc2=O)CC1. The number of halogens is 1. The minimum atomic E-state index is -0.693. The monoisotopic (exact) mass is 342 g/mol. The maximum Gasteiger partial charge on any atom is 0.251 e. The van der Waals surface area contributed by atoms with Crippen molar-refractivity contribution in [3.05, 3.63) is 33.2 Å². The normalized spacial score (nSPS) is 23.4. The Morgan fingerprint density at radius 1 is 1.40 bits per heavy atom. The van der Waals surface area contributed by atoms with Crippen LogP contribution in [-0.4, -0.2) is 39.2 Å². The lowest BCUT2D eigenvalue weighted by atomic mass is 9.98. The molecule has 20 heavy (non-hydrogen) atoms. The summed E-state index contributed by atoms with van der Waals surface area (Å²) < 4.78 is 2.17. The van der Waals surface area contributed by atoms with Crippen molar-refractivity contribution in [2.45, 2.75) is 38.3 Å². The van der Waals surface area contributed by atoms with Gasteiger partial charge < -0.3 is 14.6 Å². The van der Waals surface area contributed by atoms with Gasteiger partial charge in [-0.05, 0) is 48.2 Å². The summed E-state index contributed by atoms with van der Waals surface area (Å²) in [5, 5.41) is 10.0. The fourth-order valence-corrected chi connectivity index (χ4v) is 2.76. The molecular weight excluding hydrogens is 324 g/mol. The number of nitrogens with zero attached hydrogens (tertiary/aromatic N) is 2. The summed E-state index contributed by atoms with van der Waals surface area (Å²) in [6, 6.07) is 3.09. The fraction of sp³-hybridized carbons (Fsp3) is 0.571. The molecule has 6 heteroatoms. The molecule has 5 nitrogen and oxygen atoms in total. The van der Waals surface area contributed by atoms with Crippen molar-refractivity contribution < 1.29 is 9.90 Å². The molecule has 1 fully saturated rings. The summed E-state index contributed by atoms with van der Waals surface area (Å²) >= 11 is 3.29. The van der Waals surface area contributed by atoms with Crippen molar-refractivity contribution in [2.75, 3.05) is 13.1 Å². The second kappa shape index (κ2) is 6.10. The first-order valence-electron chi connectivity index (χ1n) is 6.73. The first kappa shape index (κ1) is 15.3. The Kier molecular flexibility index (Phi) is 4.65. The van der Waals surface area contributed by atoms with E-state index in [4.69, 9.17) is 0 Å². The first-order chi connectivity index (χ1) is 9.37. The van der Waals surface area contributed by atoms with E-state index < -0.39 is 5.60 Å². The van der Waals surface area contributed by atoms with Crippen LogP contribution in [0.5, 0.6) is 0 Å². The molecule has 1 atom stereocenters. The number of carbonyl (C=O) groups excluding carboxylic acids is 1. The molecule has 1 N–H and O–H groups in total. The number of aliphatic hydroxyl groups is 1. The number of pyridine rings is 1. The van der Waals surface area contributed by atoms with Crippen LogP contribution in [0.1, 0.15) is 26.2 Å². The van der Waals surface area contributed by atoms with Gasteiger partial charge in [0.2, 0.25) is 5.91 Å². The van der Waals surface area contributed by atoms with E-state index in [2.05, 4.69) is 15.9 Å². The molecule has 1 amide bonds.